The summed E-state index contributed by atoms with van der Waals surface area (Å²) in [5, 5.41) is 27.5. The minimum Gasteiger partial charge on any atom is -0.508 e. The van der Waals surface area contributed by atoms with Gasteiger partial charge in [0.15, 0.2) is 0 Å². The number of fused-ring (bicyclic) bond motifs is 1. The summed E-state index contributed by atoms with van der Waals surface area (Å²) in [6.07, 6.45) is 0. The van der Waals surface area contributed by atoms with Crippen LogP contribution in [-0.2, 0) is 6.54 Å². The molecule has 32 heavy (non-hydrogen) atoms. The number of aromatic amines is 1. The van der Waals surface area contributed by atoms with Gasteiger partial charge in [-0.05, 0) is 47.5 Å². The monoisotopic (exact) mass is 427 g/mol. The van der Waals surface area contributed by atoms with Crippen LogP contribution in [0, 0.1) is 0 Å². The third-order valence-electron chi connectivity index (χ3n) is 5.74. The summed E-state index contributed by atoms with van der Waals surface area (Å²) >= 11 is 0. The van der Waals surface area contributed by atoms with E-state index in [9.17, 15) is 15.0 Å². The zero-order valence-corrected chi connectivity index (χ0v) is 17.3. The Hall–Kier alpha value is -4.26. The number of rotatable bonds is 5. The van der Waals surface area contributed by atoms with Crippen molar-refractivity contribution < 1.29 is 19.7 Å². The van der Waals surface area contributed by atoms with Gasteiger partial charge in [-0.2, -0.15) is 5.10 Å². The molecule has 0 fully saturated rings. The Kier molecular flexibility index (Phi) is 4.78. The molecule has 7 heteroatoms. The summed E-state index contributed by atoms with van der Waals surface area (Å²) in [5.74, 6) is 0.802. The van der Waals surface area contributed by atoms with Gasteiger partial charge in [-0.25, -0.2) is 0 Å². The van der Waals surface area contributed by atoms with E-state index >= 15 is 0 Å². The number of phenols is 2. The molecule has 1 aliphatic heterocycles. The molecular weight excluding hydrogens is 406 g/mol. The Morgan fingerprint density at radius 2 is 1.72 bits per heavy atom. The van der Waals surface area contributed by atoms with Crippen LogP contribution in [0.4, 0.5) is 0 Å². The molecule has 160 valence electrons. The number of para-hydroxylation sites is 1. The zero-order valence-electron chi connectivity index (χ0n) is 17.3. The normalized spacial score (nSPS) is 15.1. The molecule has 0 unspecified atom stereocenters. The highest BCUT2D eigenvalue weighted by Crippen LogP contribution is 2.45. The number of carbonyl (C=O) groups excluding carboxylic acids is 1. The number of carbonyl (C=O) groups is 1. The van der Waals surface area contributed by atoms with E-state index in [1.54, 1.807) is 54.5 Å². The molecule has 1 aliphatic rings. The number of ether oxygens (including phenoxy) is 1. The number of aromatic nitrogens is 2. The van der Waals surface area contributed by atoms with Gasteiger partial charge in [-0.15, -0.1) is 0 Å². The van der Waals surface area contributed by atoms with Crippen LogP contribution in [-0.4, -0.2) is 38.3 Å². The lowest BCUT2D eigenvalue weighted by molar-refractivity contribution is 0.0730. The zero-order chi connectivity index (χ0) is 22.2. The molecule has 0 saturated carbocycles. The number of hydrogen-bond donors (Lipinski definition) is 3. The first kappa shape index (κ1) is 19.7. The minimum absolute atomic E-state index is 0.0901. The van der Waals surface area contributed by atoms with Crippen LogP contribution in [0.15, 0.2) is 72.8 Å². The van der Waals surface area contributed by atoms with E-state index in [1.807, 2.05) is 30.3 Å². The van der Waals surface area contributed by atoms with E-state index in [1.165, 1.54) is 0 Å². The van der Waals surface area contributed by atoms with Crippen LogP contribution in [0.2, 0.25) is 0 Å². The number of H-pyrrole nitrogens is 1. The highest BCUT2D eigenvalue weighted by molar-refractivity contribution is 6.00. The maximum Gasteiger partial charge on any atom is 0.273 e. The van der Waals surface area contributed by atoms with Gasteiger partial charge >= 0.3 is 0 Å². The second-order valence-electron chi connectivity index (χ2n) is 7.65. The van der Waals surface area contributed by atoms with Gasteiger partial charge in [0.2, 0.25) is 0 Å². The van der Waals surface area contributed by atoms with Crippen molar-refractivity contribution in [2.24, 2.45) is 0 Å². The molecule has 1 atom stereocenters. The topological polar surface area (TPSA) is 98.7 Å². The van der Waals surface area contributed by atoms with Crippen molar-refractivity contribution in [3.05, 3.63) is 95.2 Å². The number of methoxy groups -OCH3 is 1. The van der Waals surface area contributed by atoms with Crippen LogP contribution in [0.3, 0.4) is 0 Å². The lowest BCUT2D eigenvalue weighted by Crippen LogP contribution is -2.29. The molecule has 0 radical (unpaired) electrons. The first-order valence-corrected chi connectivity index (χ1v) is 10.2. The average Bonchev–Trinajstić information content (AvgIpc) is 3.35. The van der Waals surface area contributed by atoms with Crippen LogP contribution in [0.1, 0.15) is 33.2 Å². The van der Waals surface area contributed by atoms with Gasteiger partial charge in [-0.1, -0.05) is 36.4 Å². The van der Waals surface area contributed by atoms with E-state index in [2.05, 4.69) is 10.2 Å². The third kappa shape index (κ3) is 3.24. The Labute approximate surface area is 184 Å². The molecule has 1 amide bonds. The molecule has 0 aliphatic carbocycles. The summed E-state index contributed by atoms with van der Waals surface area (Å²) < 4.78 is 5.23. The summed E-state index contributed by atoms with van der Waals surface area (Å²) in [6.45, 7) is 0.372. The second kappa shape index (κ2) is 7.77. The summed E-state index contributed by atoms with van der Waals surface area (Å²) in [7, 11) is 1.61. The number of benzene rings is 3. The Morgan fingerprint density at radius 1 is 1.00 bits per heavy atom. The lowest BCUT2D eigenvalue weighted by Gasteiger charge is -2.26. The number of phenolic OH excluding ortho intramolecular Hbond substituents is 2. The van der Waals surface area contributed by atoms with E-state index in [4.69, 9.17) is 4.74 Å². The second-order valence-corrected chi connectivity index (χ2v) is 7.65. The SMILES string of the molecule is COc1ccc(CN2C(=O)c3[nH]nc(-c4ccccc4O)c3[C@@H]2c2ccc(O)cc2)cc1. The van der Waals surface area contributed by atoms with Crippen molar-refractivity contribution in [1.29, 1.82) is 0 Å². The Bertz CT molecular complexity index is 1280. The quantitative estimate of drug-likeness (QED) is 0.442. The minimum atomic E-state index is -0.437. The third-order valence-corrected chi connectivity index (χ3v) is 5.74. The number of nitrogens with zero attached hydrogens (tertiary/aromatic N) is 2. The number of hydrogen-bond acceptors (Lipinski definition) is 5. The molecule has 5 rings (SSSR count). The summed E-state index contributed by atoms with van der Waals surface area (Å²) in [6, 6.07) is 20.9. The fourth-order valence-electron chi connectivity index (χ4n) is 4.17. The first-order valence-electron chi connectivity index (χ1n) is 10.2. The van der Waals surface area contributed by atoms with E-state index in [0.717, 1.165) is 16.9 Å². The van der Waals surface area contributed by atoms with Crippen LogP contribution in [0.25, 0.3) is 11.3 Å². The van der Waals surface area contributed by atoms with E-state index < -0.39 is 6.04 Å². The standard InChI is InChI=1S/C25H21N3O4/c1-32-18-12-6-15(7-13-18)14-28-24(16-8-10-17(29)11-9-16)21-22(26-27-23(21)25(28)31)19-4-2-3-5-20(19)30/h2-13,24,29-30H,14H2,1H3,(H,26,27)/t24-/m0/s1. The van der Waals surface area contributed by atoms with Crippen molar-refractivity contribution in [2.45, 2.75) is 12.6 Å². The van der Waals surface area contributed by atoms with Crippen LogP contribution < -0.4 is 4.74 Å². The van der Waals surface area contributed by atoms with Gasteiger partial charge in [0, 0.05) is 17.7 Å². The van der Waals surface area contributed by atoms with Crippen molar-refractivity contribution in [3.8, 4) is 28.5 Å². The molecule has 0 bridgehead atoms. The fraction of sp³-hybridized carbons (Fsp3) is 0.120. The molecule has 7 nitrogen and oxygen atoms in total. The molecule has 4 aromatic rings. The van der Waals surface area contributed by atoms with Crippen molar-refractivity contribution >= 4 is 5.91 Å². The van der Waals surface area contributed by atoms with E-state index in [-0.39, 0.29) is 17.4 Å². The molecule has 3 aromatic carbocycles. The van der Waals surface area contributed by atoms with Crippen LogP contribution >= 0.6 is 0 Å². The number of aromatic hydroxyl groups is 2. The maximum atomic E-state index is 13.4. The molecule has 2 heterocycles. The average molecular weight is 427 g/mol. The van der Waals surface area contributed by atoms with Crippen molar-refractivity contribution in [2.75, 3.05) is 7.11 Å². The van der Waals surface area contributed by atoms with Crippen molar-refractivity contribution in [3.63, 3.8) is 0 Å². The largest absolute Gasteiger partial charge is 0.508 e. The van der Waals surface area contributed by atoms with Gasteiger partial charge in [-0.3, -0.25) is 9.89 Å². The molecule has 1 aromatic heterocycles. The molecule has 3 N–H and O–H groups in total. The summed E-state index contributed by atoms with van der Waals surface area (Å²) in [5.41, 5.74) is 3.96. The Balaban J connectivity index is 1.62. The highest BCUT2D eigenvalue weighted by Gasteiger charge is 2.42. The van der Waals surface area contributed by atoms with Crippen LogP contribution in [0.5, 0.6) is 17.2 Å². The predicted molar refractivity (Wildman–Crippen MR) is 119 cm³/mol. The lowest BCUT2D eigenvalue weighted by atomic mass is 9.95. The molecule has 0 spiro atoms. The van der Waals surface area contributed by atoms with Crippen molar-refractivity contribution in [1.82, 2.24) is 15.1 Å². The maximum absolute atomic E-state index is 13.4. The van der Waals surface area contributed by atoms with Gasteiger partial charge < -0.3 is 19.8 Å². The van der Waals surface area contributed by atoms with Gasteiger partial charge in [0.05, 0.1) is 13.2 Å². The van der Waals surface area contributed by atoms with E-state index in [0.29, 0.717) is 29.1 Å². The van der Waals surface area contributed by atoms with Gasteiger partial charge in [0.25, 0.3) is 5.91 Å². The van der Waals surface area contributed by atoms with Gasteiger partial charge in [0.1, 0.15) is 28.6 Å². The first-order chi connectivity index (χ1) is 15.6. The molecular formula is C25H21N3O4. The highest BCUT2D eigenvalue weighted by atomic mass is 16.5. The smallest absolute Gasteiger partial charge is 0.273 e. The Morgan fingerprint density at radius 3 is 2.41 bits per heavy atom. The molecule has 0 saturated heterocycles. The number of nitrogens with one attached hydrogen (secondary N) is 1. The summed E-state index contributed by atoms with van der Waals surface area (Å²) in [4.78, 5) is 15.2. The number of amides is 1. The predicted octanol–water partition coefficient (Wildman–Crippen LogP) is 4.24. The fourth-order valence-corrected chi connectivity index (χ4v) is 4.17.